The third kappa shape index (κ3) is 2.47. The number of nitrogens with one attached hydrogen (secondary N) is 2. The summed E-state index contributed by atoms with van der Waals surface area (Å²) in [6.45, 7) is 1.92. The van der Waals surface area contributed by atoms with Crippen LogP contribution in [0.2, 0.25) is 0 Å². The van der Waals surface area contributed by atoms with E-state index in [4.69, 9.17) is 5.73 Å². The minimum Gasteiger partial charge on any atom is -0.382 e. The zero-order valence-electron chi connectivity index (χ0n) is 9.12. The van der Waals surface area contributed by atoms with Gasteiger partial charge in [0.15, 0.2) is 0 Å². The molecule has 0 bridgehead atoms. The fraction of sp³-hybridized carbons (Fsp3) is 0.0909. The van der Waals surface area contributed by atoms with Crippen molar-refractivity contribution in [3.8, 4) is 0 Å². The molecule has 0 radical (unpaired) electrons. The van der Waals surface area contributed by atoms with E-state index < -0.39 is 0 Å². The number of nitrogens with two attached hydrogens (primary N) is 1. The second-order valence-electron chi connectivity index (χ2n) is 3.57. The number of anilines is 2. The molecule has 1 aromatic heterocycles. The van der Waals surface area contributed by atoms with Crippen LogP contribution in [-0.2, 0) is 0 Å². The summed E-state index contributed by atoms with van der Waals surface area (Å²) in [5.74, 6) is 0.0246. The van der Waals surface area contributed by atoms with Crippen LogP contribution in [-0.4, -0.2) is 16.1 Å². The molecule has 0 aliphatic carbocycles. The van der Waals surface area contributed by atoms with Crippen LogP contribution in [0.4, 0.5) is 11.5 Å². The first-order valence-electron chi connectivity index (χ1n) is 4.95. The van der Waals surface area contributed by atoms with Gasteiger partial charge >= 0.3 is 0 Å². The number of halogens is 1. The highest BCUT2D eigenvalue weighted by Gasteiger charge is 2.10. The summed E-state index contributed by atoms with van der Waals surface area (Å²) in [7, 11) is 0. The Bertz CT molecular complexity index is 564. The second kappa shape index (κ2) is 4.58. The summed E-state index contributed by atoms with van der Waals surface area (Å²) in [6, 6.07) is 7.09. The molecule has 4 N–H and O–H groups in total. The molecular weight excluding hydrogens is 284 g/mol. The van der Waals surface area contributed by atoms with E-state index in [0.29, 0.717) is 11.5 Å². The maximum Gasteiger partial charge on any atom is 0.273 e. The van der Waals surface area contributed by atoms with Gasteiger partial charge in [0.1, 0.15) is 11.5 Å². The largest absolute Gasteiger partial charge is 0.382 e. The Kier molecular flexibility index (Phi) is 3.14. The van der Waals surface area contributed by atoms with Crippen LogP contribution in [0.3, 0.4) is 0 Å². The highest BCUT2D eigenvalue weighted by Crippen LogP contribution is 2.23. The van der Waals surface area contributed by atoms with Crippen LogP contribution < -0.4 is 11.1 Å². The molecule has 17 heavy (non-hydrogen) atoms. The Morgan fingerprint density at radius 1 is 1.53 bits per heavy atom. The van der Waals surface area contributed by atoms with E-state index in [0.717, 1.165) is 15.7 Å². The molecule has 0 aliphatic heterocycles. The lowest BCUT2D eigenvalue weighted by atomic mass is 10.2. The fourth-order valence-electron chi connectivity index (χ4n) is 1.39. The first-order chi connectivity index (χ1) is 8.08. The molecule has 5 nitrogen and oxygen atoms in total. The van der Waals surface area contributed by atoms with Crippen molar-refractivity contribution in [2.45, 2.75) is 6.92 Å². The van der Waals surface area contributed by atoms with E-state index in [1.54, 1.807) is 0 Å². The lowest BCUT2D eigenvalue weighted by molar-refractivity contribution is 0.102. The van der Waals surface area contributed by atoms with Crippen LogP contribution in [0.5, 0.6) is 0 Å². The van der Waals surface area contributed by atoms with Crippen molar-refractivity contribution in [1.82, 2.24) is 10.2 Å². The van der Waals surface area contributed by atoms with Crippen molar-refractivity contribution >= 4 is 33.3 Å². The molecular formula is C11H11BrN4O. The highest BCUT2D eigenvalue weighted by atomic mass is 79.9. The third-order valence-corrected chi connectivity index (χ3v) is 3.22. The van der Waals surface area contributed by atoms with Gasteiger partial charge < -0.3 is 11.1 Å². The quantitative estimate of drug-likeness (QED) is 0.795. The van der Waals surface area contributed by atoms with E-state index in [9.17, 15) is 4.79 Å². The molecule has 0 unspecified atom stereocenters. The SMILES string of the molecule is Cc1c(Br)cccc1NC(=O)c1cc(N)n[nH]1. The monoisotopic (exact) mass is 294 g/mol. The van der Waals surface area contributed by atoms with Crippen molar-refractivity contribution < 1.29 is 4.79 Å². The number of rotatable bonds is 2. The summed E-state index contributed by atoms with van der Waals surface area (Å²) in [5.41, 5.74) is 7.48. The number of H-pyrrole nitrogens is 1. The number of carbonyl (C=O) groups excluding carboxylic acids is 1. The molecule has 1 amide bonds. The van der Waals surface area contributed by atoms with E-state index in [-0.39, 0.29) is 5.91 Å². The average Bonchev–Trinajstić information content (AvgIpc) is 2.72. The number of amides is 1. The zero-order chi connectivity index (χ0) is 12.4. The van der Waals surface area contributed by atoms with Crippen LogP contribution >= 0.6 is 15.9 Å². The van der Waals surface area contributed by atoms with Gasteiger partial charge in [0.2, 0.25) is 0 Å². The number of nitrogens with zero attached hydrogens (tertiary/aromatic N) is 1. The number of benzene rings is 1. The summed E-state index contributed by atoms with van der Waals surface area (Å²) in [4.78, 5) is 11.8. The van der Waals surface area contributed by atoms with Gasteiger partial charge in [0.25, 0.3) is 5.91 Å². The topological polar surface area (TPSA) is 83.8 Å². The number of nitrogen functional groups attached to an aromatic ring is 1. The Labute approximate surface area is 107 Å². The summed E-state index contributed by atoms with van der Waals surface area (Å²) in [5, 5.41) is 9.05. The zero-order valence-corrected chi connectivity index (χ0v) is 10.7. The Morgan fingerprint density at radius 2 is 2.29 bits per heavy atom. The predicted octanol–water partition coefficient (Wildman–Crippen LogP) is 2.32. The van der Waals surface area contributed by atoms with Crippen molar-refractivity contribution in [3.05, 3.63) is 40.0 Å². The lowest BCUT2D eigenvalue weighted by Gasteiger charge is -2.08. The van der Waals surface area contributed by atoms with Gasteiger partial charge in [-0.1, -0.05) is 22.0 Å². The molecule has 1 heterocycles. The summed E-state index contributed by atoms with van der Waals surface area (Å²) >= 11 is 3.40. The number of aromatic amines is 1. The van der Waals surface area contributed by atoms with Crippen LogP contribution in [0.15, 0.2) is 28.7 Å². The van der Waals surface area contributed by atoms with Crippen LogP contribution in [0.1, 0.15) is 16.1 Å². The van der Waals surface area contributed by atoms with E-state index in [1.165, 1.54) is 6.07 Å². The predicted molar refractivity (Wildman–Crippen MR) is 69.8 cm³/mol. The first-order valence-corrected chi connectivity index (χ1v) is 5.74. The van der Waals surface area contributed by atoms with Gasteiger partial charge in [-0.15, -0.1) is 0 Å². The molecule has 0 saturated heterocycles. The second-order valence-corrected chi connectivity index (χ2v) is 4.43. The van der Waals surface area contributed by atoms with E-state index >= 15 is 0 Å². The third-order valence-electron chi connectivity index (χ3n) is 2.36. The Morgan fingerprint density at radius 3 is 2.94 bits per heavy atom. The summed E-state index contributed by atoms with van der Waals surface area (Å²) in [6.07, 6.45) is 0. The van der Waals surface area contributed by atoms with Gasteiger partial charge in [-0.3, -0.25) is 9.89 Å². The smallest absolute Gasteiger partial charge is 0.273 e. The molecule has 0 atom stereocenters. The molecule has 88 valence electrons. The Hall–Kier alpha value is -1.82. The minimum absolute atomic E-state index is 0.268. The lowest BCUT2D eigenvalue weighted by Crippen LogP contribution is -2.13. The van der Waals surface area contributed by atoms with Gasteiger partial charge in [-0.25, -0.2) is 0 Å². The first kappa shape index (κ1) is 11.7. The van der Waals surface area contributed by atoms with Gasteiger partial charge in [-0.05, 0) is 24.6 Å². The van der Waals surface area contributed by atoms with Crippen molar-refractivity contribution in [2.24, 2.45) is 0 Å². The molecule has 2 aromatic rings. The van der Waals surface area contributed by atoms with E-state index in [1.807, 2.05) is 25.1 Å². The van der Waals surface area contributed by atoms with Gasteiger partial charge in [-0.2, -0.15) is 5.10 Å². The number of carbonyl (C=O) groups is 1. The molecule has 6 heteroatoms. The van der Waals surface area contributed by atoms with Crippen molar-refractivity contribution in [1.29, 1.82) is 0 Å². The maximum atomic E-state index is 11.8. The van der Waals surface area contributed by atoms with Gasteiger partial charge in [0.05, 0.1) is 0 Å². The highest BCUT2D eigenvalue weighted by molar-refractivity contribution is 9.10. The normalized spacial score (nSPS) is 10.2. The van der Waals surface area contributed by atoms with E-state index in [2.05, 4.69) is 31.4 Å². The molecule has 0 saturated carbocycles. The minimum atomic E-state index is -0.268. The van der Waals surface area contributed by atoms with Gasteiger partial charge in [0, 0.05) is 16.2 Å². The Balaban J connectivity index is 2.21. The molecule has 2 rings (SSSR count). The van der Waals surface area contributed by atoms with Crippen molar-refractivity contribution in [2.75, 3.05) is 11.1 Å². The maximum absolute atomic E-state index is 11.8. The number of aromatic nitrogens is 2. The van der Waals surface area contributed by atoms with Crippen molar-refractivity contribution in [3.63, 3.8) is 0 Å². The standard InChI is InChI=1S/C11H11BrN4O/c1-6-7(12)3-2-4-8(6)14-11(17)9-5-10(13)16-15-9/h2-5H,1H3,(H,14,17)(H3,13,15,16). The molecule has 0 aliphatic rings. The van der Waals surface area contributed by atoms with Crippen LogP contribution in [0, 0.1) is 6.92 Å². The fourth-order valence-corrected chi connectivity index (χ4v) is 1.75. The number of hydrogen-bond donors (Lipinski definition) is 3. The molecule has 0 spiro atoms. The molecule has 1 aromatic carbocycles. The van der Waals surface area contributed by atoms with Crippen LogP contribution in [0.25, 0.3) is 0 Å². The number of hydrogen-bond acceptors (Lipinski definition) is 3. The average molecular weight is 295 g/mol. The summed E-state index contributed by atoms with van der Waals surface area (Å²) < 4.78 is 0.944. The molecule has 0 fully saturated rings.